The fourth-order valence-corrected chi connectivity index (χ4v) is 2.47. The Labute approximate surface area is 118 Å². The molecule has 2 rings (SSSR count). The Hall–Kier alpha value is -2.04. The van der Waals surface area contributed by atoms with Gasteiger partial charge in [0.05, 0.1) is 0 Å². The fraction of sp³-hybridized carbons (Fsp3) is 0.467. The van der Waals surface area contributed by atoms with Crippen LogP contribution in [0.2, 0.25) is 0 Å². The van der Waals surface area contributed by atoms with Crippen molar-refractivity contribution in [1.82, 2.24) is 5.32 Å². The van der Waals surface area contributed by atoms with Crippen molar-refractivity contribution in [2.45, 2.75) is 32.7 Å². The summed E-state index contributed by atoms with van der Waals surface area (Å²) in [5, 5.41) is 11.8. The first-order chi connectivity index (χ1) is 9.50. The molecule has 0 aliphatic carbocycles. The molecule has 0 saturated carbocycles. The average Bonchev–Trinajstić information content (AvgIpc) is 2.43. The first kappa shape index (κ1) is 14.4. The Kier molecular flexibility index (Phi) is 4.27. The predicted molar refractivity (Wildman–Crippen MR) is 76.9 cm³/mol. The number of nitrogens with zero attached hydrogens (tertiary/aromatic N) is 1. The van der Waals surface area contributed by atoms with Crippen LogP contribution in [0.1, 0.15) is 25.8 Å². The molecule has 1 heterocycles. The topological polar surface area (TPSA) is 69.6 Å². The number of urea groups is 1. The number of rotatable bonds is 3. The van der Waals surface area contributed by atoms with Gasteiger partial charge in [0, 0.05) is 12.2 Å². The van der Waals surface area contributed by atoms with Crippen LogP contribution >= 0.6 is 0 Å². The first-order valence-electron chi connectivity index (χ1n) is 6.89. The van der Waals surface area contributed by atoms with Crippen LogP contribution in [0, 0.1) is 5.92 Å². The first-order valence-corrected chi connectivity index (χ1v) is 6.89. The molecule has 1 aliphatic heterocycles. The molecule has 0 fully saturated rings. The molecule has 0 radical (unpaired) electrons. The number of nitrogens with one attached hydrogen (secondary N) is 1. The van der Waals surface area contributed by atoms with E-state index >= 15 is 0 Å². The Bertz CT molecular complexity index is 514. The van der Waals surface area contributed by atoms with Gasteiger partial charge in [0.15, 0.2) is 0 Å². The lowest BCUT2D eigenvalue weighted by Gasteiger charge is -2.31. The zero-order chi connectivity index (χ0) is 14.7. The predicted octanol–water partition coefficient (Wildman–Crippen LogP) is 2.26. The van der Waals surface area contributed by atoms with Crippen LogP contribution in [0.25, 0.3) is 0 Å². The van der Waals surface area contributed by atoms with E-state index in [0.717, 1.165) is 24.1 Å². The maximum absolute atomic E-state index is 12.3. The Balaban J connectivity index is 2.16. The molecule has 0 saturated heterocycles. The molecule has 1 atom stereocenters. The summed E-state index contributed by atoms with van der Waals surface area (Å²) < 4.78 is 0. The fourth-order valence-electron chi connectivity index (χ4n) is 2.47. The molecule has 1 aromatic carbocycles. The molecule has 20 heavy (non-hydrogen) atoms. The summed E-state index contributed by atoms with van der Waals surface area (Å²) in [6.45, 7) is 4.18. The number of carbonyl (C=O) groups is 2. The molecule has 5 heteroatoms. The molecular weight excluding hydrogens is 256 g/mol. The van der Waals surface area contributed by atoms with E-state index < -0.39 is 12.0 Å². The van der Waals surface area contributed by atoms with Gasteiger partial charge in [0.25, 0.3) is 0 Å². The van der Waals surface area contributed by atoms with E-state index in [2.05, 4.69) is 5.32 Å². The number of anilines is 1. The minimum Gasteiger partial charge on any atom is -0.480 e. The maximum Gasteiger partial charge on any atom is 0.326 e. The van der Waals surface area contributed by atoms with E-state index in [1.807, 2.05) is 24.3 Å². The number of aryl methyl sites for hydroxylation is 1. The van der Waals surface area contributed by atoms with Crippen molar-refractivity contribution < 1.29 is 14.7 Å². The van der Waals surface area contributed by atoms with Crippen LogP contribution < -0.4 is 10.2 Å². The number of amides is 2. The Morgan fingerprint density at radius 2 is 2.00 bits per heavy atom. The zero-order valence-corrected chi connectivity index (χ0v) is 11.8. The highest BCUT2D eigenvalue weighted by Crippen LogP contribution is 2.26. The van der Waals surface area contributed by atoms with Gasteiger partial charge in [0.1, 0.15) is 6.04 Å². The van der Waals surface area contributed by atoms with E-state index in [-0.39, 0.29) is 11.9 Å². The summed E-state index contributed by atoms with van der Waals surface area (Å²) in [5.41, 5.74) is 2.01. The standard InChI is InChI=1S/C15H20N2O3/c1-10(2)13(14(18)19)16-15(20)17-9-5-7-11-6-3-4-8-12(11)17/h3-4,6,8,10,13H,5,7,9H2,1-2H3,(H,16,20)(H,18,19). The van der Waals surface area contributed by atoms with Gasteiger partial charge in [-0.05, 0) is 30.4 Å². The molecular formula is C15H20N2O3. The van der Waals surface area contributed by atoms with Crippen LogP contribution in [-0.4, -0.2) is 29.7 Å². The molecule has 2 N–H and O–H groups in total. The largest absolute Gasteiger partial charge is 0.480 e. The van der Waals surface area contributed by atoms with Gasteiger partial charge < -0.3 is 10.4 Å². The third-order valence-electron chi connectivity index (χ3n) is 3.57. The van der Waals surface area contributed by atoms with Gasteiger partial charge in [-0.3, -0.25) is 4.90 Å². The van der Waals surface area contributed by atoms with Crippen LogP contribution in [-0.2, 0) is 11.2 Å². The van der Waals surface area contributed by atoms with Crippen LogP contribution in [0.5, 0.6) is 0 Å². The lowest BCUT2D eigenvalue weighted by molar-refractivity contribution is -0.140. The molecule has 0 bridgehead atoms. The highest BCUT2D eigenvalue weighted by atomic mass is 16.4. The normalized spacial score (nSPS) is 15.7. The van der Waals surface area contributed by atoms with Gasteiger partial charge in [-0.1, -0.05) is 32.0 Å². The summed E-state index contributed by atoms with van der Waals surface area (Å²) in [6, 6.07) is 6.55. The van der Waals surface area contributed by atoms with Crippen molar-refractivity contribution in [3.63, 3.8) is 0 Å². The minimum atomic E-state index is -1.00. The summed E-state index contributed by atoms with van der Waals surface area (Å²) >= 11 is 0. The maximum atomic E-state index is 12.3. The van der Waals surface area contributed by atoms with E-state index in [0.29, 0.717) is 6.54 Å². The SMILES string of the molecule is CC(C)C(NC(=O)N1CCCc2ccccc21)C(=O)O. The van der Waals surface area contributed by atoms with E-state index in [1.165, 1.54) is 0 Å². The summed E-state index contributed by atoms with van der Waals surface area (Å²) in [4.78, 5) is 25.1. The summed E-state index contributed by atoms with van der Waals surface area (Å²) in [6.07, 6.45) is 1.84. The van der Waals surface area contributed by atoms with Crippen molar-refractivity contribution in [1.29, 1.82) is 0 Å². The number of para-hydroxylation sites is 1. The van der Waals surface area contributed by atoms with Crippen LogP contribution in [0.15, 0.2) is 24.3 Å². The average molecular weight is 276 g/mol. The minimum absolute atomic E-state index is 0.156. The lowest BCUT2D eigenvalue weighted by Crippen LogP contribution is -2.51. The number of fused-ring (bicyclic) bond motifs is 1. The van der Waals surface area contributed by atoms with Crippen molar-refractivity contribution in [2.24, 2.45) is 5.92 Å². The second-order valence-electron chi connectivity index (χ2n) is 5.39. The smallest absolute Gasteiger partial charge is 0.326 e. The van der Waals surface area contributed by atoms with Crippen molar-refractivity contribution in [2.75, 3.05) is 11.4 Å². The number of benzene rings is 1. The Morgan fingerprint density at radius 1 is 1.30 bits per heavy atom. The second kappa shape index (κ2) is 5.94. The number of hydrogen-bond acceptors (Lipinski definition) is 2. The van der Waals surface area contributed by atoms with Gasteiger partial charge in [0.2, 0.25) is 0 Å². The third kappa shape index (κ3) is 2.92. The molecule has 1 unspecified atom stereocenters. The zero-order valence-electron chi connectivity index (χ0n) is 11.8. The molecule has 1 aliphatic rings. The molecule has 1 aromatic rings. The number of aliphatic carboxylic acids is 1. The van der Waals surface area contributed by atoms with Gasteiger partial charge in [-0.25, -0.2) is 9.59 Å². The summed E-state index contributed by atoms with van der Waals surface area (Å²) in [7, 11) is 0. The quantitative estimate of drug-likeness (QED) is 0.889. The highest BCUT2D eigenvalue weighted by molar-refractivity contribution is 5.95. The highest BCUT2D eigenvalue weighted by Gasteiger charge is 2.28. The molecule has 2 amide bonds. The number of carboxylic acids is 1. The summed E-state index contributed by atoms with van der Waals surface area (Å²) in [5.74, 6) is -1.16. The van der Waals surface area contributed by atoms with E-state index in [1.54, 1.807) is 18.7 Å². The molecule has 5 nitrogen and oxygen atoms in total. The van der Waals surface area contributed by atoms with E-state index in [4.69, 9.17) is 5.11 Å². The van der Waals surface area contributed by atoms with Gasteiger partial charge in [-0.2, -0.15) is 0 Å². The molecule has 0 spiro atoms. The third-order valence-corrected chi connectivity index (χ3v) is 3.57. The van der Waals surface area contributed by atoms with Crippen molar-refractivity contribution >= 4 is 17.7 Å². The molecule has 108 valence electrons. The Morgan fingerprint density at radius 3 is 2.65 bits per heavy atom. The monoisotopic (exact) mass is 276 g/mol. The van der Waals surface area contributed by atoms with Crippen molar-refractivity contribution in [3.05, 3.63) is 29.8 Å². The van der Waals surface area contributed by atoms with Gasteiger partial charge >= 0.3 is 12.0 Å². The van der Waals surface area contributed by atoms with Crippen LogP contribution in [0.3, 0.4) is 0 Å². The molecule has 0 aromatic heterocycles. The number of hydrogen-bond donors (Lipinski definition) is 2. The number of carboxylic acid groups (broad SMARTS) is 1. The van der Waals surface area contributed by atoms with Crippen molar-refractivity contribution in [3.8, 4) is 0 Å². The van der Waals surface area contributed by atoms with Gasteiger partial charge in [-0.15, -0.1) is 0 Å². The van der Waals surface area contributed by atoms with E-state index in [9.17, 15) is 9.59 Å². The van der Waals surface area contributed by atoms with Crippen LogP contribution in [0.4, 0.5) is 10.5 Å². The second-order valence-corrected chi connectivity index (χ2v) is 5.39. The lowest BCUT2D eigenvalue weighted by atomic mass is 10.0. The number of carbonyl (C=O) groups excluding carboxylic acids is 1.